The molecule has 1 aromatic rings. The van der Waals surface area contributed by atoms with Crippen LogP contribution in [0.25, 0.3) is 0 Å². The van der Waals surface area contributed by atoms with Crippen LogP contribution in [0.5, 0.6) is 0 Å². The normalized spacial score (nSPS) is 17.1. The van der Waals surface area contributed by atoms with Crippen molar-refractivity contribution in [2.45, 2.75) is 18.9 Å². The Morgan fingerprint density at radius 3 is 2.27 bits per heavy atom. The van der Waals surface area contributed by atoms with Crippen molar-refractivity contribution in [1.29, 1.82) is 0 Å². The van der Waals surface area contributed by atoms with Crippen LogP contribution in [0, 0.1) is 0 Å². The van der Waals surface area contributed by atoms with E-state index in [-0.39, 0.29) is 49.5 Å². The highest BCUT2D eigenvalue weighted by Gasteiger charge is 2.45. The van der Waals surface area contributed by atoms with Crippen molar-refractivity contribution in [3.8, 4) is 0 Å². The van der Waals surface area contributed by atoms with E-state index in [1.54, 1.807) is 0 Å². The zero-order chi connectivity index (χ0) is 26.6. The van der Waals surface area contributed by atoms with Crippen molar-refractivity contribution < 1.29 is 42.9 Å². The van der Waals surface area contributed by atoms with E-state index in [1.165, 1.54) is 18.2 Å². The number of carbonyl (C=O) groups is 5. The lowest BCUT2D eigenvalue weighted by molar-refractivity contribution is -0.136. The van der Waals surface area contributed by atoms with Crippen LogP contribution in [-0.4, -0.2) is 107 Å². The van der Waals surface area contributed by atoms with Gasteiger partial charge < -0.3 is 24.3 Å². The number of piperidine rings is 1. The monoisotopic (exact) mass is 518 g/mol. The Bertz CT molecular complexity index is 1030. The second-order valence-corrected chi connectivity index (χ2v) is 8.06. The van der Waals surface area contributed by atoms with Gasteiger partial charge in [-0.25, -0.2) is 0 Å². The molecule has 5 amide bonds. The predicted octanol–water partition coefficient (Wildman–Crippen LogP) is -0.207. The fourth-order valence-electron chi connectivity index (χ4n) is 3.76. The van der Waals surface area contributed by atoms with Crippen LogP contribution in [0.1, 0.15) is 33.6 Å². The lowest BCUT2D eigenvalue weighted by atomic mass is 10.0. The molecule has 1 aromatic carbocycles. The first-order chi connectivity index (χ1) is 17.9. The third-order valence-electron chi connectivity index (χ3n) is 5.49. The number of aliphatic imine (C=N–C) groups is 1. The van der Waals surface area contributed by atoms with E-state index in [9.17, 15) is 24.0 Å². The number of ether oxygens (including phenoxy) is 4. The molecule has 1 fully saturated rings. The van der Waals surface area contributed by atoms with Crippen LogP contribution in [0.4, 0.5) is 5.69 Å². The molecule has 0 aromatic heterocycles. The van der Waals surface area contributed by atoms with Crippen molar-refractivity contribution in [3.63, 3.8) is 0 Å². The van der Waals surface area contributed by atoms with Crippen molar-refractivity contribution in [3.05, 3.63) is 29.3 Å². The van der Waals surface area contributed by atoms with Crippen LogP contribution in [0.2, 0.25) is 0 Å². The van der Waals surface area contributed by atoms with Crippen LogP contribution in [0.15, 0.2) is 23.2 Å². The van der Waals surface area contributed by atoms with Gasteiger partial charge in [-0.3, -0.25) is 39.2 Å². The summed E-state index contributed by atoms with van der Waals surface area (Å²) in [7, 11) is 0. The van der Waals surface area contributed by atoms with Gasteiger partial charge in [0.1, 0.15) is 12.6 Å². The smallest absolute Gasteiger partial charge is 0.264 e. The molecule has 2 aliphatic heterocycles. The number of hydrogen-bond donors (Lipinski definition) is 2. The maximum Gasteiger partial charge on any atom is 0.264 e. The number of imide groups is 2. The molecule has 0 saturated carbocycles. The minimum absolute atomic E-state index is 0.00310. The molecule has 200 valence electrons. The summed E-state index contributed by atoms with van der Waals surface area (Å²) in [6.45, 7) is 6.22. The molecule has 13 nitrogen and oxygen atoms in total. The molecule has 1 unspecified atom stereocenters. The Balaban J connectivity index is 1.38. The first-order valence-corrected chi connectivity index (χ1v) is 11.8. The summed E-state index contributed by atoms with van der Waals surface area (Å²) < 4.78 is 21.3. The van der Waals surface area contributed by atoms with Gasteiger partial charge in [0.05, 0.1) is 69.6 Å². The maximum absolute atomic E-state index is 13.0. The van der Waals surface area contributed by atoms with Crippen LogP contribution < -0.4 is 10.6 Å². The summed E-state index contributed by atoms with van der Waals surface area (Å²) in [6, 6.07) is 3.37. The molecule has 13 heteroatoms. The molecule has 1 atom stereocenters. The van der Waals surface area contributed by atoms with Crippen molar-refractivity contribution in [2.75, 3.05) is 64.7 Å². The van der Waals surface area contributed by atoms with Crippen molar-refractivity contribution in [1.82, 2.24) is 10.2 Å². The fourth-order valence-corrected chi connectivity index (χ4v) is 3.76. The average molecular weight is 519 g/mol. The zero-order valence-electron chi connectivity index (χ0n) is 20.4. The molecular weight excluding hydrogens is 488 g/mol. The lowest BCUT2D eigenvalue weighted by Crippen LogP contribution is -2.54. The summed E-state index contributed by atoms with van der Waals surface area (Å²) in [5.74, 6) is -3.04. The van der Waals surface area contributed by atoms with E-state index >= 15 is 0 Å². The van der Waals surface area contributed by atoms with Gasteiger partial charge >= 0.3 is 0 Å². The van der Waals surface area contributed by atoms with E-state index in [4.69, 9.17) is 18.9 Å². The standard InChI is InChI=1S/C24H30N4O9/c1-25-7-8-34-9-10-35-11-12-36-13-14-37-15-20(30)26-17-4-2-3-16-21(17)24(33)28(23(16)32)18-5-6-19(29)27-22(18)31/h2-4,18H,1,5-15H2,(H,26,30)(H,27,29,31). The summed E-state index contributed by atoms with van der Waals surface area (Å²) in [5.41, 5.74) is 0.207. The molecule has 0 aliphatic carbocycles. The molecule has 1 saturated heterocycles. The summed E-state index contributed by atoms with van der Waals surface area (Å²) in [5, 5.41) is 4.72. The number of benzene rings is 1. The third kappa shape index (κ3) is 7.73. The van der Waals surface area contributed by atoms with Gasteiger partial charge in [0.2, 0.25) is 17.7 Å². The van der Waals surface area contributed by atoms with Gasteiger partial charge in [-0.1, -0.05) is 6.07 Å². The molecule has 0 bridgehead atoms. The Labute approximate surface area is 213 Å². The van der Waals surface area contributed by atoms with Crippen LogP contribution in [0.3, 0.4) is 0 Å². The largest absolute Gasteiger partial charge is 0.377 e. The highest BCUT2D eigenvalue weighted by atomic mass is 16.6. The first-order valence-electron chi connectivity index (χ1n) is 11.8. The number of carbonyl (C=O) groups excluding carboxylic acids is 5. The molecule has 2 N–H and O–H groups in total. The fraction of sp³-hybridized carbons (Fsp3) is 0.500. The zero-order valence-corrected chi connectivity index (χ0v) is 20.4. The van der Waals surface area contributed by atoms with E-state index < -0.39 is 35.6 Å². The quantitative estimate of drug-likeness (QED) is 0.171. The van der Waals surface area contributed by atoms with Gasteiger partial charge in [-0.15, -0.1) is 0 Å². The second kappa shape index (κ2) is 14.3. The number of fused-ring (bicyclic) bond motifs is 1. The Hall–Kier alpha value is -3.52. The number of anilines is 1. The number of rotatable bonds is 16. The number of amides is 5. The van der Waals surface area contributed by atoms with E-state index in [2.05, 4.69) is 22.3 Å². The molecular formula is C24H30N4O9. The summed E-state index contributed by atoms with van der Waals surface area (Å²) in [4.78, 5) is 66.4. The SMILES string of the molecule is C=NCCOCCOCCOCCOCC(=O)Nc1cccc2c1C(=O)N(C1CCC(=O)NC1=O)C2=O. The molecule has 0 radical (unpaired) electrons. The number of nitrogens with zero attached hydrogens (tertiary/aromatic N) is 2. The predicted molar refractivity (Wildman–Crippen MR) is 129 cm³/mol. The van der Waals surface area contributed by atoms with Crippen LogP contribution in [-0.2, 0) is 33.3 Å². The lowest BCUT2D eigenvalue weighted by Gasteiger charge is -2.27. The first kappa shape index (κ1) is 28.1. The second-order valence-electron chi connectivity index (χ2n) is 8.06. The molecule has 3 rings (SSSR count). The van der Waals surface area contributed by atoms with Gasteiger partial charge in [0.15, 0.2) is 0 Å². The van der Waals surface area contributed by atoms with Crippen molar-refractivity contribution in [2.24, 2.45) is 4.99 Å². The summed E-state index contributed by atoms with van der Waals surface area (Å²) >= 11 is 0. The molecule has 2 aliphatic rings. The minimum Gasteiger partial charge on any atom is -0.377 e. The highest BCUT2D eigenvalue weighted by Crippen LogP contribution is 2.32. The Kier molecular flexibility index (Phi) is 10.8. The Morgan fingerprint density at radius 1 is 0.973 bits per heavy atom. The Morgan fingerprint density at radius 2 is 1.62 bits per heavy atom. The van der Waals surface area contributed by atoms with E-state index in [0.29, 0.717) is 39.6 Å². The molecule has 37 heavy (non-hydrogen) atoms. The summed E-state index contributed by atoms with van der Waals surface area (Å²) in [6.07, 6.45) is 0.0628. The number of nitrogens with one attached hydrogen (secondary N) is 2. The van der Waals surface area contributed by atoms with Gasteiger partial charge in [0.25, 0.3) is 11.8 Å². The van der Waals surface area contributed by atoms with E-state index in [0.717, 1.165) is 4.90 Å². The average Bonchev–Trinajstić information content (AvgIpc) is 3.12. The van der Waals surface area contributed by atoms with Gasteiger partial charge in [-0.05, 0) is 25.3 Å². The van der Waals surface area contributed by atoms with Crippen molar-refractivity contribution >= 4 is 41.9 Å². The highest BCUT2D eigenvalue weighted by molar-refractivity contribution is 6.26. The number of hydrogen-bond acceptors (Lipinski definition) is 10. The van der Waals surface area contributed by atoms with Gasteiger partial charge in [0, 0.05) is 6.42 Å². The molecule has 2 heterocycles. The topological polar surface area (TPSA) is 162 Å². The van der Waals surface area contributed by atoms with Crippen LogP contribution >= 0.6 is 0 Å². The third-order valence-corrected chi connectivity index (χ3v) is 5.49. The maximum atomic E-state index is 13.0. The molecule has 0 spiro atoms. The van der Waals surface area contributed by atoms with E-state index in [1.807, 2.05) is 0 Å². The minimum atomic E-state index is -1.09. The van der Waals surface area contributed by atoms with Gasteiger partial charge in [-0.2, -0.15) is 0 Å².